The Morgan fingerprint density at radius 1 is 1.18 bits per heavy atom. The van der Waals surface area contributed by atoms with Crippen LogP contribution in [0.2, 0.25) is 10.0 Å². The summed E-state index contributed by atoms with van der Waals surface area (Å²) in [5, 5.41) is 11.3. The number of hydrogen-bond donors (Lipinski definition) is 1. The molecule has 0 aliphatic rings. The minimum atomic E-state index is -0.693. The van der Waals surface area contributed by atoms with Gasteiger partial charge in [0, 0.05) is 24.3 Å². The molecule has 0 amide bonds. The van der Waals surface area contributed by atoms with E-state index in [9.17, 15) is 5.11 Å². The van der Waals surface area contributed by atoms with Crippen LogP contribution in [0.1, 0.15) is 21.4 Å². The molecule has 1 N–H and O–H groups in total. The monoisotopic (exact) mass is 350 g/mol. The van der Waals surface area contributed by atoms with Crippen molar-refractivity contribution < 1.29 is 5.11 Å². The fourth-order valence-corrected chi connectivity index (χ4v) is 3.63. The van der Waals surface area contributed by atoms with Crippen molar-refractivity contribution in [3.05, 3.63) is 54.1 Å². The van der Waals surface area contributed by atoms with Gasteiger partial charge in [0.05, 0.1) is 0 Å². The first-order chi connectivity index (χ1) is 7.97. The molecule has 1 unspecified atom stereocenters. The van der Waals surface area contributed by atoms with Crippen LogP contribution in [0.3, 0.4) is 0 Å². The second-order valence-electron chi connectivity index (χ2n) is 3.66. The van der Waals surface area contributed by atoms with Crippen molar-refractivity contribution >= 4 is 50.5 Å². The first-order valence-corrected chi connectivity index (χ1v) is 7.24. The van der Waals surface area contributed by atoms with Crippen molar-refractivity contribution in [3.8, 4) is 0 Å². The number of hydrogen-bond acceptors (Lipinski definition) is 2. The molecule has 0 radical (unpaired) electrons. The Balaban J connectivity index is 2.39. The lowest BCUT2D eigenvalue weighted by Crippen LogP contribution is -1.96. The molecule has 1 nitrogen and oxygen atoms in total. The number of thiophene rings is 1. The molecule has 0 aliphatic carbocycles. The summed E-state index contributed by atoms with van der Waals surface area (Å²) in [5.41, 5.74) is 0.705. The van der Waals surface area contributed by atoms with Gasteiger partial charge in [-0.3, -0.25) is 0 Å². The van der Waals surface area contributed by atoms with Crippen molar-refractivity contribution in [3.63, 3.8) is 0 Å². The average molecular weight is 352 g/mol. The van der Waals surface area contributed by atoms with Gasteiger partial charge in [-0.1, -0.05) is 23.2 Å². The average Bonchev–Trinajstić information content (AvgIpc) is 2.57. The molecule has 0 bridgehead atoms. The number of aliphatic hydroxyl groups is 1. The van der Waals surface area contributed by atoms with Gasteiger partial charge in [-0.25, -0.2) is 0 Å². The highest BCUT2D eigenvalue weighted by Crippen LogP contribution is 2.35. The zero-order valence-electron chi connectivity index (χ0n) is 8.88. The molecule has 1 heterocycles. The highest BCUT2D eigenvalue weighted by molar-refractivity contribution is 9.10. The van der Waals surface area contributed by atoms with E-state index >= 15 is 0 Å². The summed E-state index contributed by atoms with van der Waals surface area (Å²) < 4.78 is 1.00. The Morgan fingerprint density at radius 3 is 2.24 bits per heavy atom. The van der Waals surface area contributed by atoms with E-state index in [-0.39, 0.29) is 0 Å². The lowest BCUT2D eigenvalue weighted by molar-refractivity contribution is 0.224. The van der Waals surface area contributed by atoms with E-state index in [0.29, 0.717) is 15.6 Å². The standard InChI is InChI=1S/C12H9BrCl2OS/c1-6-10(13)5-11(17-6)12(16)7-2-8(14)4-9(15)3-7/h2-5,12,16H,1H3. The van der Waals surface area contributed by atoms with Gasteiger partial charge < -0.3 is 5.11 Å². The van der Waals surface area contributed by atoms with Gasteiger partial charge in [0.2, 0.25) is 0 Å². The summed E-state index contributed by atoms with van der Waals surface area (Å²) in [6.07, 6.45) is -0.693. The topological polar surface area (TPSA) is 20.2 Å². The van der Waals surface area contributed by atoms with Crippen LogP contribution >= 0.6 is 50.5 Å². The second-order valence-corrected chi connectivity index (χ2v) is 6.67. The van der Waals surface area contributed by atoms with Gasteiger partial charge in [0.1, 0.15) is 6.10 Å². The van der Waals surface area contributed by atoms with Crippen LogP contribution in [0, 0.1) is 6.92 Å². The molecular formula is C12H9BrCl2OS. The molecule has 0 saturated heterocycles. The maximum Gasteiger partial charge on any atom is 0.113 e. The van der Waals surface area contributed by atoms with Crippen LogP contribution in [-0.4, -0.2) is 5.11 Å². The molecule has 90 valence electrons. The van der Waals surface area contributed by atoms with Crippen LogP contribution in [0.4, 0.5) is 0 Å². The van der Waals surface area contributed by atoms with Crippen molar-refractivity contribution in [1.29, 1.82) is 0 Å². The fraction of sp³-hybridized carbons (Fsp3) is 0.167. The van der Waals surface area contributed by atoms with E-state index in [0.717, 1.165) is 14.2 Å². The molecule has 17 heavy (non-hydrogen) atoms. The van der Waals surface area contributed by atoms with Gasteiger partial charge >= 0.3 is 0 Å². The van der Waals surface area contributed by atoms with Crippen molar-refractivity contribution in [2.75, 3.05) is 0 Å². The first kappa shape index (κ1) is 13.4. The molecule has 2 aromatic rings. The second kappa shape index (κ2) is 5.29. The predicted octanol–water partition coefficient (Wildman–Crippen LogP) is 5.21. The first-order valence-electron chi connectivity index (χ1n) is 4.87. The molecule has 0 fully saturated rings. The number of benzene rings is 1. The normalized spacial score (nSPS) is 12.8. The van der Waals surface area contributed by atoms with Crippen molar-refractivity contribution in [2.45, 2.75) is 13.0 Å². The summed E-state index contributed by atoms with van der Waals surface area (Å²) in [6.45, 7) is 2.00. The Kier molecular flexibility index (Phi) is 4.16. The van der Waals surface area contributed by atoms with Crippen LogP contribution in [0.25, 0.3) is 0 Å². The molecule has 1 atom stereocenters. The molecule has 0 saturated carbocycles. The number of rotatable bonds is 2. The molecule has 0 aliphatic heterocycles. The minimum absolute atomic E-state index is 0.527. The third kappa shape index (κ3) is 3.04. The summed E-state index contributed by atoms with van der Waals surface area (Å²) in [6, 6.07) is 7.01. The lowest BCUT2D eigenvalue weighted by Gasteiger charge is -2.09. The highest BCUT2D eigenvalue weighted by atomic mass is 79.9. The lowest BCUT2D eigenvalue weighted by atomic mass is 10.1. The Labute approximate surface area is 122 Å². The zero-order chi connectivity index (χ0) is 12.6. The fourth-order valence-electron chi connectivity index (χ4n) is 1.51. The Morgan fingerprint density at radius 2 is 1.76 bits per heavy atom. The molecule has 1 aromatic heterocycles. The van der Waals surface area contributed by atoms with Gasteiger partial charge in [-0.15, -0.1) is 11.3 Å². The SMILES string of the molecule is Cc1sc(C(O)c2cc(Cl)cc(Cl)c2)cc1Br. The predicted molar refractivity (Wildman–Crippen MR) is 77.3 cm³/mol. The van der Waals surface area contributed by atoms with Crippen molar-refractivity contribution in [1.82, 2.24) is 0 Å². The third-order valence-electron chi connectivity index (χ3n) is 2.35. The summed E-state index contributed by atoms with van der Waals surface area (Å²) in [5.74, 6) is 0. The number of aryl methyl sites for hydroxylation is 1. The van der Waals surface area contributed by atoms with E-state index in [4.69, 9.17) is 23.2 Å². The van der Waals surface area contributed by atoms with Crippen LogP contribution < -0.4 is 0 Å². The Hall–Kier alpha value is -0.0600. The van der Waals surface area contributed by atoms with E-state index in [1.807, 2.05) is 13.0 Å². The van der Waals surface area contributed by atoms with Gasteiger partial charge in [0.25, 0.3) is 0 Å². The van der Waals surface area contributed by atoms with Crippen LogP contribution in [0.15, 0.2) is 28.7 Å². The van der Waals surface area contributed by atoms with Crippen LogP contribution in [0.5, 0.6) is 0 Å². The molecule has 5 heteroatoms. The Bertz CT molecular complexity index is 514. The summed E-state index contributed by atoms with van der Waals surface area (Å²) >= 11 is 16.8. The smallest absolute Gasteiger partial charge is 0.113 e. The number of aliphatic hydroxyl groups excluding tert-OH is 1. The van der Waals surface area contributed by atoms with E-state index in [1.54, 1.807) is 29.5 Å². The van der Waals surface area contributed by atoms with Crippen LogP contribution in [-0.2, 0) is 0 Å². The van der Waals surface area contributed by atoms with Gasteiger partial charge in [-0.2, -0.15) is 0 Å². The zero-order valence-corrected chi connectivity index (χ0v) is 12.8. The summed E-state index contributed by atoms with van der Waals surface area (Å²) in [7, 11) is 0. The van der Waals surface area contributed by atoms with E-state index in [2.05, 4.69) is 15.9 Å². The molecule has 1 aromatic carbocycles. The van der Waals surface area contributed by atoms with E-state index < -0.39 is 6.10 Å². The van der Waals surface area contributed by atoms with E-state index in [1.165, 1.54) is 0 Å². The minimum Gasteiger partial charge on any atom is -0.383 e. The molecular weight excluding hydrogens is 343 g/mol. The third-order valence-corrected chi connectivity index (χ3v) is 4.97. The largest absolute Gasteiger partial charge is 0.383 e. The molecule has 0 spiro atoms. The van der Waals surface area contributed by atoms with Crippen molar-refractivity contribution in [2.24, 2.45) is 0 Å². The maximum absolute atomic E-state index is 10.3. The maximum atomic E-state index is 10.3. The highest BCUT2D eigenvalue weighted by Gasteiger charge is 2.15. The summed E-state index contributed by atoms with van der Waals surface area (Å²) in [4.78, 5) is 2.00. The van der Waals surface area contributed by atoms with Gasteiger partial charge in [-0.05, 0) is 52.7 Å². The number of halogens is 3. The molecule has 2 rings (SSSR count). The van der Waals surface area contributed by atoms with Gasteiger partial charge in [0.15, 0.2) is 0 Å². The quantitative estimate of drug-likeness (QED) is 0.787.